The highest BCUT2D eigenvalue weighted by molar-refractivity contribution is 5.65. The summed E-state index contributed by atoms with van der Waals surface area (Å²) >= 11 is 0. The van der Waals surface area contributed by atoms with Gasteiger partial charge in [-0.15, -0.1) is 0 Å². The first kappa shape index (κ1) is 14.1. The van der Waals surface area contributed by atoms with Crippen LogP contribution in [0, 0.1) is 17.0 Å². The maximum atomic E-state index is 11.1. The Labute approximate surface area is 117 Å². The van der Waals surface area contributed by atoms with E-state index in [2.05, 4.69) is 5.32 Å². The van der Waals surface area contributed by atoms with E-state index in [1.165, 1.54) is 0 Å². The molecule has 1 aromatic heterocycles. The van der Waals surface area contributed by atoms with Gasteiger partial charge >= 0.3 is 0 Å². The second kappa shape index (κ2) is 6.23. The summed E-state index contributed by atoms with van der Waals surface area (Å²) in [7, 11) is 0. The maximum absolute atomic E-state index is 11.1. The van der Waals surface area contributed by atoms with Crippen LogP contribution in [-0.4, -0.2) is 11.0 Å². The van der Waals surface area contributed by atoms with E-state index in [1.54, 1.807) is 25.3 Å². The third-order valence-corrected chi connectivity index (χ3v) is 3.23. The molecule has 2 aromatic rings. The van der Waals surface area contributed by atoms with Crippen LogP contribution in [0.3, 0.4) is 0 Å². The minimum atomic E-state index is -0.336. The van der Waals surface area contributed by atoms with Crippen molar-refractivity contribution < 1.29 is 9.34 Å². The standard InChI is InChI=1S/C15H18N2O3/c1-11-5-3-7-14(15(11)17(18)19)16-12(2)8-9-13-6-4-10-20-13/h3-7,10,12,16H,8-9H2,1-2H3. The largest absolute Gasteiger partial charge is 0.469 e. The van der Waals surface area contributed by atoms with Crippen LogP contribution in [0.2, 0.25) is 0 Å². The minimum Gasteiger partial charge on any atom is -0.469 e. The van der Waals surface area contributed by atoms with Gasteiger partial charge in [0, 0.05) is 18.0 Å². The number of nitro benzene ring substituents is 1. The minimum absolute atomic E-state index is 0.126. The molecule has 1 atom stereocenters. The van der Waals surface area contributed by atoms with E-state index < -0.39 is 0 Å². The molecule has 0 spiro atoms. The molecule has 0 aliphatic heterocycles. The second-order valence-corrected chi connectivity index (χ2v) is 4.89. The van der Waals surface area contributed by atoms with Crippen LogP contribution < -0.4 is 5.32 Å². The Morgan fingerprint density at radius 3 is 2.80 bits per heavy atom. The number of nitrogens with one attached hydrogen (secondary N) is 1. The molecule has 20 heavy (non-hydrogen) atoms. The smallest absolute Gasteiger partial charge is 0.295 e. The average molecular weight is 274 g/mol. The van der Waals surface area contributed by atoms with Crippen molar-refractivity contribution in [1.29, 1.82) is 0 Å². The first-order valence-corrected chi connectivity index (χ1v) is 6.61. The molecule has 5 heteroatoms. The number of nitrogens with zero attached hydrogens (tertiary/aromatic N) is 1. The highest BCUT2D eigenvalue weighted by Crippen LogP contribution is 2.28. The molecular formula is C15H18N2O3. The Kier molecular flexibility index (Phi) is 4.40. The van der Waals surface area contributed by atoms with Crippen LogP contribution in [0.15, 0.2) is 41.0 Å². The Morgan fingerprint density at radius 2 is 2.15 bits per heavy atom. The first-order valence-electron chi connectivity index (χ1n) is 6.61. The number of furan rings is 1. The third kappa shape index (κ3) is 3.38. The molecule has 106 valence electrons. The lowest BCUT2D eigenvalue weighted by Crippen LogP contribution is -2.17. The van der Waals surface area contributed by atoms with E-state index in [-0.39, 0.29) is 16.7 Å². The predicted octanol–water partition coefficient (Wildman–Crippen LogP) is 3.93. The molecule has 1 aromatic carbocycles. The zero-order valence-corrected chi connectivity index (χ0v) is 11.6. The van der Waals surface area contributed by atoms with Crippen molar-refractivity contribution in [3.05, 3.63) is 58.0 Å². The summed E-state index contributed by atoms with van der Waals surface area (Å²) in [5, 5.41) is 14.3. The van der Waals surface area contributed by atoms with E-state index >= 15 is 0 Å². The van der Waals surface area contributed by atoms with E-state index in [9.17, 15) is 10.1 Å². The van der Waals surface area contributed by atoms with E-state index in [4.69, 9.17) is 4.42 Å². The van der Waals surface area contributed by atoms with Gasteiger partial charge < -0.3 is 9.73 Å². The van der Waals surface area contributed by atoms with Gasteiger partial charge in [0.25, 0.3) is 5.69 Å². The summed E-state index contributed by atoms with van der Waals surface area (Å²) in [4.78, 5) is 10.8. The Balaban J connectivity index is 2.02. The fraction of sp³-hybridized carbons (Fsp3) is 0.333. The van der Waals surface area contributed by atoms with Crippen LogP contribution in [0.5, 0.6) is 0 Å². The molecule has 0 radical (unpaired) electrons. The summed E-state index contributed by atoms with van der Waals surface area (Å²) in [6.45, 7) is 3.76. The molecular weight excluding hydrogens is 256 g/mol. The number of nitro groups is 1. The van der Waals surface area contributed by atoms with Gasteiger partial charge in [0.2, 0.25) is 0 Å². The van der Waals surface area contributed by atoms with Crippen molar-refractivity contribution in [3.63, 3.8) is 0 Å². The molecule has 0 bridgehead atoms. The molecule has 1 N–H and O–H groups in total. The molecule has 0 fully saturated rings. The summed E-state index contributed by atoms with van der Waals surface area (Å²) < 4.78 is 5.28. The van der Waals surface area contributed by atoms with Crippen LogP contribution in [0.1, 0.15) is 24.7 Å². The van der Waals surface area contributed by atoms with Crippen molar-refractivity contribution in [2.24, 2.45) is 0 Å². The summed E-state index contributed by atoms with van der Waals surface area (Å²) in [6, 6.07) is 9.23. The van der Waals surface area contributed by atoms with E-state index in [0.717, 1.165) is 18.6 Å². The molecule has 1 heterocycles. The van der Waals surface area contributed by atoms with Gasteiger partial charge in [-0.2, -0.15) is 0 Å². The number of anilines is 1. The van der Waals surface area contributed by atoms with Gasteiger partial charge in [0.1, 0.15) is 11.4 Å². The van der Waals surface area contributed by atoms with Gasteiger partial charge in [0.05, 0.1) is 11.2 Å². The van der Waals surface area contributed by atoms with Gasteiger partial charge in [-0.25, -0.2) is 0 Å². The molecule has 0 saturated carbocycles. The summed E-state index contributed by atoms with van der Waals surface area (Å²) in [5.74, 6) is 0.928. The number of hydrogen-bond donors (Lipinski definition) is 1. The number of para-hydroxylation sites is 1. The Hall–Kier alpha value is -2.30. The normalized spacial score (nSPS) is 12.1. The van der Waals surface area contributed by atoms with Crippen molar-refractivity contribution in [2.75, 3.05) is 5.32 Å². The lowest BCUT2D eigenvalue weighted by atomic mass is 10.1. The number of hydrogen-bond acceptors (Lipinski definition) is 4. The van der Waals surface area contributed by atoms with Crippen LogP contribution >= 0.6 is 0 Å². The van der Waals surface area contributed by atoms with Crippen LogP contribution in [0.4, 0.5) is 11.4 Å². The monoisotopic (exact) mass is 274 g/mol. The van der Waals surface area contributed by atoms with Gasteiger partial charge in [-0.3, -0.25) is 10.1 Å². The topological polar surface area (TPSA) is 68.3 Å². The van der Waals surface area contributed by atoms with Gasteiger partial charge in [-0.1, -0.05) is 12.1 Å². The second-order valence-electron chi connectivity index (χ2n) is 4.89. The highest BCUT2D eigenvalue weighted by atomic mass is 16.6. The van der Waals surface area contributed by atoms with E-state index in [1.807, 2.05) is 25.1 Å². The number of benzene rings is 1. The van der Waals surface area contributed by atoms with Gasteiger partial charge in [0.15, 0.2) is 0 Å². The molecule has 2 rings (SSSR count). The van der Waals surface area contributed by atoms with E-state index in [0.29, 0.717) is 11.3 Å². The molecule has 0 amide bonds. The SMILES string of the molecule is Cc1cccc(NC(C)CCc2ccco2)c1[N+](=O)[O-]. The van der Waals surface area contributed by atoms with Crippen molar-refractivity contribution in [1.82, 2.24) is 0 Å². The number of rotatable bonds is 6. The lowest BCUT2D eigenvalue weighted by molar-refractivity contribution is -0.384. The highest BCUT2D eigenvalue weighted by Gasteiger charge is 2.18. The quantitative estimate of drug-likeness (QED) is 0.640. The van der Waals surface area contributed by atoms with Crippen molar-refractivity contribution >= 4 is 11.4 Å². The van der Waals surface area contributed by atoms with Crippen molar-refractivity contribution in [2.45, 2.75) is 32.7 Å². The summed E-state index contributed by atoms with van der Waals surface area (Å²) in [6.07, 6.45) is 3.30. The average Bonchev–Trinajstić information content (AvgIpc) is 2.89. The van der Waals surface area contributed by atoms with Crippen LogP contribution in [-0.2, 0) is 6.42 Å². The number of aryl methyl sites for hydroxylation is 2. The molecule has 0 aliphatic rings. The van der Waals surface area contributed by atoms with Crippen molar-refractivity contribution in [3.8, 4) is 0 Å². The zero-order valence-electron chi connectivity index (χ0n) is 11.6. The Morgan fingerprint density at radius 1 is 1.35 bits per heavy atom. The molecule has 1 unspecified atom stereocenters. The summed E-state index contributed by atoms with van der Waals surface area (Å²) in [5.41, 5.74) is 1.39. The molecule has 0 aliphatic carbocycles. The Bertz CT molecular complexity index is 579. The predicted molar refractivity (Wildman–Crippen MR) is 77.9 cm³/mol. The fourth-order valence-corrected chi connectivity index (χ4v) is 2.17. The lowest BCUT2D eigenvalue weighted by Gasteiger charge is -2.15. The molecule has 5 nitrogen and oxygen atoms in total. The third-order valence-electron chi connectivity index (χ3n) is 3.23. The zero-order chi connectivity index (χ0) is 14.5. The maximum Gasteiger partial charge on any atom is 0.295 e. The fourth-order valence-electron chi connectivity index (χ4n) is 2.17. The van der Waals surface area contributed by atoms with Crippen LogP contribution in [0.25, 0.3) is 0 Å². The van der Waals surface area contributed by atoms with Gasteiger partial charge in [-0.05, 0) is 38.5 Å². The first-order chi connectivity index (χ1) is 9.58. The molecule has 0 saturated heterocycles.